The van der Waals surface area contributed by atoms with Gasteiger partial charge < -0.3 is 0 Å². The normalized spacial score (nSPS) is 23.7. The lowest BCUT2D eigenvalue weighted by atomic mass is 9.82. The van der Waals surface area contributed by atoms with E-state index in [4.69, 9.17) is 0 Å². The number of rotatable bonds is 2. The second kappa shape index (κ2) is 5.77. The van der Waals surface area contributed by atoms with Crippen LogP contribution in [0.1, 0.15) is 45.7 Å². The molecule has 1 fully saturated rings. The van der Waals surface area contributed by atoms with E-state index in [1.54, 1.807) is 10.6 Å². The number of piperidine rings is 1. The fourth-order valence-electron chi connectivity index (χ4n) is 3.33. The lowest BCUT2D eigenvalue weighted by molar-refractivity contribution is 0.0747. The van der Waals surface area contributed by atoms with E-state index in [1.807, 2.05) is 0 Å². The minimum Gasteiger partial charge on any atom is -0.298 e. The Morgan fingerprint density at radius 3 is 2.62 bits per heavy atom. The highest BCUT2D eigenvalue weighted by atomic mass is 32.2. The van der Waals surface area contributed by atoms with Gasteiger partial charge in [0.2, 0.25) is 0 Å². The smallest absolute Gasteiger partial charge is 0.253 e. The molecule has 1 saturated heterocycles. The Balaban J connectivity index is 2.11. The fraction of sp³-hybridized carbons (Fsp3) is 0.688. The van der Waals surface area contributed by atoms with E-state index in [-0.39, 0.29) is 16.5 Å². The molecular weight excluding hydrogens is 326 g/mol. The molecule has 0 bridgehead atoms. The van der Waals surface area contributed by atoms with Crippen LogP contribution in [0, 0.1) is 5.92 Å². The van der Waals surface area contributed by atoms with Gasteiger partial charge in [-0.25, -0.2) is 12.9 Å². The van der Waals surface area contributed by atoms with E-state index in [1.165, 1.54) is 12.6 Å². The number of sulfone groups is 1. The largest absolute Gasteiger partial charge is 0.298 e. The Labute approximate surface area is 143 Å². The summed E-state index contributed by atoms with van der Waals surface area (Å²) >= 11 is 0. The Hall–Kier alpha value is -1.54. The molecule has 0 radical (unpaired) electrons. The molecule has 132 valence electrons. The monoisotopic (exact) mass is 351 g/mol. The van der Waals surface area contributed by atoms with Gasteiger partial charge in [-0.3, -0.25) is 4.90 Å². The molecule has 1 aliphatic heterocycles. The third kappa shape index (κ3) is 3.17. The number of hydrogen-bond acceptors (Lipinski definition) is 6. The number of aromatic nitrogens is 4. The zero-order valence-corrected chi connectivity index (χ0v) is 15.7. The van der Waals surface area contributed by atoms with Gasteiger partial charge in [-0.05, 0) is 45.7 Å². The standard InChI is InChI=1S/C16H25N5O2S/c1-11-6-7-20(16(2,3)4)9-12(11)13-8-14(24(5,22)23)19-15-17-10-18-21(13)15/h8,10-12H,6-7,9H2,1-5H3. The number of likely N-dealkylation sites (tertiary alicyclic amines) is 1. The van der Waals surface area contributed by atoms with E-state index in [0.717, 1.165) is 25.2 Å². The molecule has 3 heterocycles. The van der Waals surface area contributed by atoms with Gasteiger partial charge >= 0.3 is 0 Å². The molecule has 2 atom stereocenters. The third-order valence-electron chi connectivity index (χ3n) is 4.92. The summed E-state index contributed by atoms with van der Waals surface area (Å²) in [6.45, 7) is 10.8. The molecule has 0 saturated carbocycles. The van der Waals surface area contributed by atoms with Crippen LogP contribution in [0.2, 0.25) is 0 Å². The summed E-state index contributed by atoms with van der Waals surface area (Å²) in [5, 5.41) is 4.34. The van der Waals surface area contributed by atoms with Gasteiger partial charge in [-0.15, -0.1) is 0 Å². The molecule has 2 aromatic heterocycles. The van der Waals surface area contributed by atoms with E-state index >= 15 is 0 Å². The molecule has 8 heteroatoms. The van der Waals surface area contributed by atoms with E-state index in [9.17, 15) is 8.42 Å². The predicted octanol–water partition coefficient (Wildman–Crippen LogP) is 1.75. The fourth-order valence-corrected chi connectivity index (χ4v) is 3.91. The molecule has 0 spiro atoms. The molecule has 0 aliphatic carbocycles. The van der Waals surface area contributed by atoms with Gasteiger partial charge in [-0.2, -0.15) is 15.1 Å². The summed E-state index contributed by atoms with van der Waals surface area (Å²) in [6, 6.07) is 1.67. The first-order chi connectivity index (χ1) is 11.1. The number of hydrogen-bond donors (Lipinski definition) is 0. The maximum atomic E-state index is 12.0. The van der Waals surface area contributed by atoms with Crippen molar-refractivity contribution in [1.82, 2.24) is 24.5 Å². The minimum atomic E-state index is -3.40. The highest BCUT2D eigenvalue weighted by Gasteiger charge is 2.34. The van der Waals surface area contributed by atoms with Crippen LogP contribution in [0.3, 0.4) is 0 Å². The van der Waals surface area contributed by atoms with E-state index in [0.29, 0.717) is 11.7 Å². The van der Waals surface area contributed by atoms with Gasteiger partial charge in [0, 0.05) is 24.3 Å². The van der Waals surface area contributed by atoms with Gasteiger partial charge in [-0.1, -0.05) is 6.92 Å². The third-order valence-corrected chi connectivity index (χ3v) is 5.89. The van der Waals surface area contributed by atoms with Crippen LogP contribution in [-0.4, -0.2) is 57.8 Å². The van der Waals surface area contributed by atoms with Crippen LogP contribution >= 0.6 is 0 Å². The summed E-state index contributed by atoms with van der Waals surface area (Å²) in [5.41, 5.74) is 0.950. The van der Waals surface area contributed by atoms with Crippen LogP contribution in [0.25, 0.3) is 5.78 Å². The molecule has 2 aromatic rings. The topological polar surface area (TPSA) is 80.5 Å². The number of nitrogens with zero attached hydrogens (tertiary/aromatic N) is 5. The highest BCUT2D eigenvalue weighted by molar-refractivity contribution is 7.90. The first-order valence-electron chi connectivity index (χ1n) is 8.23. The predicted molar refractivity (Wildman–Crippen MR) is 91.7 cm³/mol. The first kappa shape index (κ1) is 17.3. The molecular formula is C16H25N5O2S. The molecule has 1 aliphatic rings. The molecule has 3 rings (SSSR count). The van der Waals surface area contributed by atoms with Crippen molar-refractivity contribution in [1.29, 1.82) is 0 Å². The Morgan fingerprint density at radius 1 is 1.29 bits per heavy atom. The summed E-state index contributed by atoms with van der Waals surface area (Å²) in [7, 11) is -3.40. The van der Waals surface area contributed by atoms with Crippen molar-refractivity contribution < 1.29 is 8.42 Å². The average molecular weight is 351 g/mol. The molecule has 0 amide bonds. The van der Waals surface area contributed by atoms with Crippen molar-refractivity contribution in [2.45, 2.75) is 50.6 Å². The lowest BCUT2D eigenvalue weighted by Gasteiger charge is -2.44. The van der Waals surface area contributed by atoms with E-state index < -0.39 is 9.84 Å². The van der Waals surface area contributed by atoms with Crippen LogP contribution in [-0.2, 0) is 9.84 Å². The van der Waals surface area contributed by atoms with Gasteiger partial charge in [0.1, 0.15) is 6.33 Å². The van der Waals surface area contributed by atoms with Crippen molar-refractivity contribution in [3.8, 4) is 0 Å². The summed E-state index contributed by atoms with van der Waals surface area (Å²) in [4.78, 5) is 10.7. The minimum absolute atomic E-state index is 0.0677. The van der Waals surface area contributed by atoms with Gasteiger partial charge in [0.25, 0.3) is 5.78 Å². The second-order valence-corrected chi connectivity index (χ2v) is 9.72. The zero-order chi connectivity index (χ0) is 17.7. The van der Waals surface area contributed by atoms with Crippen molar-refractivity contribution in [2.24, 2.45) is 5.92 Å². The number of fused-ring (bicyclic) bond motifs is 1. The maximum absolute atomic E-state index is 12.0. The average Bonchev–Trinajstić information content (AvgIpc) is 2.93. The van der Waals surface area contributed by atoms with Gasteiger partial charge in [0.15, 0.2) is 14.9 Å². The van der Waals surface area contributed by atoms with E-state index in [2.05, 4.69) is 47.7 Å². The van der Waals surface area contributed by atoms with Crippen molar-refractivity contribution >= 4 is 15.6 Å². The van der Waals surface area contributed by atoms with Crippen LogP contribution in [0.5, 0.6) is 0 Å². The molecule has 7 nitrogen and oxygen atoms in total. The van der Waals surface area contributed by atoms with Crippen molar-refractivity contribution in [3.63, 3.8) is 0 Å². The summed E-state index contributed by atoms with van der Waals surface area (Å²) in [6.07, 6.45) is 3.67. The second-order valence-electron chi connectivity index (χ2n) is 7.75. The van der Waals surface area contributed by atoms with Crippen molar-refractivity contribution in [3.05, 3.63) is 18.1 Å². The van der Waals surface area contributed by atoms with Crippen LogP contribution in [0.15, 0.2) is 17.4 Å². The van der Waals surface area contributed by atoms with Crippen LogP contribution in [0.4, 0.5) is 0 Å². The van der Waals surface area contributed by atoms with Gasteiger partial charge in [0.05, 0.1) is 5.69 Å². The van der Waals surface area contributed by atoms with Crippen LogP contribution < -0.4 is 0 Å². The first-order valence-corrected chi connectivity index (χ1v) is 10.1. The van der Waals surface area contributed by atoms with Crippen molar-refractivity contribution in [2.75, 3.05) is 19.3 Å². The SMILES string of the molecule is CC1CCN(C(C)(C)C)CC1c1cc(S(C)(=O)=O)nc2ncnn12. The highest BCUT2D eigenvalue weighted by Crippen LogP contribution is 2.35. The quantitative estimate of drug-likeness (QED) is 0.767. The molecule has 24 heavy (non-hydrogen) atoms. The molecule has 0 N–H and O–H groups in total. The molecule has 0 aromatic carbocycles. The summed E-state index contributed by atoms with van der Waals surface area (Å²) < 4.78 is 25.7. The maximum Gasteiger partial charge on any atom is 0.253 e. The lowest BCUT2D eigenvalue weighted by Crippen LogP contribution is -2.49. The Bertz CT molecular complexity index is 853. The Morgan fingerprint density at radius 2 is 2.00 bits per heavy atom. The summed E-state index contributed by atoms with van der Waals surface area (Å²) in [5.74, 6) is 0.962. The Kier molecular flexibility index (Phi) is 4.16. The molecule has 2 unspecified atom stereocenters. The zero-order valence-electron chi connectivity index (χ0n) is 14.9.